The second-order valence-corrected chi connectivity index (χ2v) is 6.18. The van der Waals surface area contributed by atoms with Crippen molar-refractivity contribution >= 4 is 0 Å². The van der Waals surface area contributed by atoms with Gasteiger partial charge in [0, 0.05) is 11.3 Å². The highest BCUT2D eigenvalue weighted by atomic mass is 16.1. The first-order valence-corrected chi connectivity index (χ1v) is 7.31. The van der Waals surface area contributed by atoms with E-state index in [9.17, 15) is 4.79 Å². The van der Waals surface area contributed by atoms with E-state index < -0.39 is 0 Å². The molecule has 0 saturated carbocycles. The molecule has 0 aliphatic rings. The number of rotatable bonds is 4. The minimum atomic E-state index is 0.0879. The predicted molar refractivity (Wildman–Crippen MR) is 83.8 cm³/mol. The maximum absolute atomic E-state index is 12.7. The molecule has 20 heavy (non-hydrogen) atoms. The van der Waals surface area contributed by atoms with Crippen LogP contribution in [0.25, 0.3) is 5.69 Å². The molecule has 1 aromatic heterocycles. The Morgan fingerprint density at radius 1 is 1.15 bits per heavy atom. The van der Waals surface area contributed by atoms with Crippen molar-refractivity contribution in [2.45, 2.75) is 47.0 Å². The number of benzene rings is 1. The Kier molecular flexibility index (Phi) is 4.17. The summed E-state index contributed by atoms with van der Waals surface area (Å²) in [5.74, 6) is 0.758. The monoisotopic (exact) mass is 272 g/mol. The molecule has 3 heteroatoms. The van der Waals surface area contributed by atoms with Gasteiger partial charge < -0.3 is 0 Å². The van der Waals surface area contributed by atoms with Crippen LogP contribution < -0.4 is 5.56 Å². The zero-order valence-corrected chi connectivity index (χ0v) is 13.0. The number of aryl methyl sites for hydroxylation is 1. The Morgan fingerprint density at radius 3 is 2.35 bits per heavy atom. The van der Waals surface area contributed by atoms with E-state index in [1.165, 1.54) is 0 Å². The molecule has 0 spiro atoms. The molecule has 0 radical (unpaired) electrons. The van der Waals surface area contributed by atoms with Gasteiger partial charge in [-0.2, -0.15) is 0 Å². The molecule has 2 aromatic rings. The lowest BCUT2D eigenvalue weighted by Gasteiger charge is -2.07. The highest BCUT2D eigenvalue weighted by molar-refractivity contribution is 5.40. The van der Waals surface area contributed by atoms with E-state index in [2.05, 4.69) is 32.8 Å². The van der Waals surface area contributed by atoms with E-state index in [1.54, 1.807) is 4.68 Å². The Bertz CT molecular complexity index is 647. The number of nitrogens with zero attached hydrogens (tertiary/aromatic N) is 1. The molecule has 0 aliphatic carbocycles. The van der Waals surface area contributed by atoms with Crippen LogP contribution in [0, 0.1) is 12.8 Å². The van der Waals surface area contributed by atoms with E-state index in [0.717, 1.165) is 28.9 Å². The van der Waals surface area contributed by atoms with E-state index >= 15 is 0 Å². The van der Waals surface area contributed by atoms with E-state index in [1.807, 2.05) is 31.2 Å². The summed E-state index contributed by atoms with van der Waals surface area (Å²) in [5.41, 5.74) is 4.12. The topological polar surface area (TPSA) is 37.8 Å². The maximum Gasteiger partial charge on any atom is 0.274 e. The van der Waals surface area contributed by atoms with Gasteiger partial charge in [-0.1, -0.05) is 45.9 Å². The molecule has 0 fully saturated rings. The lowest BCUT2D eigenvalue weighted by atomic mass is 9.98. The number of aromatic amines is 1. The molecule has 1 N–H and O–H groups in total. The third kappa shape index (κ3) is 2.72. The van der Waals surface area contributed by atoms with Crippen molar-refractivity contribution in [3.63, 3.8) is 0 Å². The van der Waals surface area contributed by atoms with E-state index in [4.69, 9.17) is 0 Å². The summed E-state index contributed by atoms with van der Waals surface area (Å²) >= 11 is 0. The van der Waals surface area contributed by atoms with Gasteiger partial charge in [-0.3, -0.25) is 9.89 Å². The van der Waals surface area contributed by atoms with Crippen LogP contribution in [-0.2, 0) is 6.42 Å². The normalized spacial score (nSPS) is 11.6. The molecular formula is C17H24N2O. The molecule has 0 aliphatic heterocycles. The molecular weight excluding hydrogens is 248 g/mol. The Labute approximate surface area is 120 Å². The van der Waals surface area contributed by atoms with E-state index in [0.29, 0.717) is 5.92 Å². The molecule has 0 atom stereocenters. The summed E-state index contributed by atoms with van der Waals surface area (Å²) < 4.78 is 1.70. The number of H-pyrrole nitrogens is 1. The van der Waals surface area contributed by atoms with Crippen molar-refractivity contribution in [3.8, 4) is 5.69 Å². The van der Waals surface area contributed by atoms with Gasteiger partial charge in [0.25, 0.3) is 5.56 Å². The van der Waals surface area contributed by atoms with Crippen molar-refractivity contribution < 1.29 is 0 Å². The number of aromatic nitrogens is 2. The Morgan fingerprint density at radius 2 is 1.80 bits per heavy atom. The van der Waals surface area contributed by atoms with Crippen LogP contribution in [0.5, 0.6) is 0 Å². The molecule has 0 amide bonds. The van der Waals surface area contributed by atoms with Gasteiger partial charge in [-0.05, 0) is 36.8 Å². The van der Waals surface area contributed by atoms with Crippen LogP contribution in [0.1, 0.15) is 50.4 Å². The minimum Gasteiger partial charge on any atom is -0.295 e. The first-order chi connectivity index (χ1) is 9.41. The van der Waals surface area contributed by atoms with Crippen molar-refractivity contribution in [1.82, 2.24) is 9.78 Å². The first-order valence-electron chi connectivity index (χ1n) is 7.31. The van der Waals surface area contributed by atoms with Gasteiger partial charge in [0.15, 0.2) is 0 Å². The van der Waals surface area contributed by atoms with Crippen LogP contribution in [0.4, 0.5) is 0 Å². The average molecular weight is 272 g/mol. The summed E-state index contributed by atoms with van der Waals surface area (Å²) in [6, 6.07) is 7.97. The van der Waals surface area contributed by atoms with Gasteiger partial charge in [0.2, 0.25) is 0 Å². The Hall–Kier alpha value is -1.77. The number of para-hydroxylation sites is 1. The quantitative estimate of drug-likeness (QED) is 0.903. The first kappa shape index (κ1) is 14.6. The highest BCUT2D eigenvalue weighted by Crippen LogP contribution is 2.20. The summed E-state index contributed by atoms with van der Waals surface area (Å²) in [5, 5.41) is 3.32. The van der Waals surface area contributed by atoms with Crippen LogP contribution in [0.2, 0.25) is 0 Å². The predicted octanol–water partition coefficient (Wildman–Crippen LogP) is 3.80. The fourth-order valence-electron chi connectivity index (χ4n) is 2.64. The zero-order chi connectivity index (χ0) is 14.9. The zero-order valence-electron chi connectivity index (χ0n) is 13.0. The third-order valence-electron chi connectivity index (χ3n) is 3.55. The highest BCUT2D eigenvalue weighted by Gasteiger charge is 2.19. The largest absolute Gasteiger partial charge is 0.295 e. The van der Waals surface area contributed by atoms with Gasteiger partial charge in [-0.25, -0.2) is 4.68 Å². The van der Waals surface area contributed by atoms with Crippen LogP contribution in [0.15, 0.2) is 29.1 Å². The summed E-state index contributed by atoms with van der Waals surface area (Å²) in [4.78, 5) is 12.7. The van der Waals surface area contributed by atoms with Crippen LogP contribution >= 0.6 is 0 Å². The summed E-state index contributed by atoms with van der Waals surface area (Å²) in [6.07, 6.45) is 0.904. The van der Waals surface area contributed by atoms with Gasteiger partial charge in [0.05, 0.1) is 5.69 Å². The molecule has 0 bridgehead atoms. The minimum absolute atomic E-state index is 0.0879. The van der Waals surface area contributed by atoms with Crippen molar-refractivity contribution in [2.75, 3.05) is 0 Å². The average Bonchev–Trinajstić information content (AvgIpc) is 2.66. The van der Waals surface area contributed by atoms with Crippen LogP contribution in [-0.4, -0.2) is 9.78 Å². The second-order valence-electron chi connectivity index (χ2n) is 6.18. The molecule has 0 unspecified atom stereocenters. The smallest absolute Gasteiger partial charge is 0.274 e. The lowest BCUT2D eigenvalue weighted by Crippen LogP contribution is -2.18. The standard InChI is InChI=1S/C17H24N2O/c1-11(2)10-14-16(12(3)4)17(20)19(18-14)15-9-7-6-8-13(15)5/h6-9,11-12,18H,10H2,1-5H3. The fraction of sp³-hybridized carbons (Fsp3) is 0.471. The molecule has 1 heterocycles. The van der Waals surface area contributed by atoms with Crippen molar-refractivity contribution in [2.24, 2.45) is 5.92 Å². The molecule has 1 aromatic carbocycles. The second kappa shape index (κ2) is 5.70. The SMILES string of the molecule is Cc1ccccc1-n1[nH]c(CC(C)C)c(C(C)C)c1=O. The summed E-state index contributed by atoms with van der Waals surface area (Å²) in [6.45, 7) is 10.5. The molecule has 3 nitrogen and oxygen atoms in total. The van der Waals surface area contributed by atoms with Gasteiger partial charge >= 0.3 is 0 Å². The molecule has 2 rings (SSSR count). The van der Waals surface area contributed by atoms with Gasteiger partial charge in [0.1, 0.15) is 0 Å². The van der Waals surface area contributed by atoms with Crippen molar-refractivity contribution in [3.05, 3.63) is 51.4 Å². The third-order valence-corrected chi connectivity index (χ3v) is 3.55. The number of nitrogens with one attached hydrogen (secondary N) is 1. The molecule has 108 valence electrons. The lowest BCUT2D eigenvalue weighted by molar-refractivity contribution is 0.621. The maximum atomic E-state index is 12.7. The van der Waals surface area contributed by atoms with Gasteiger partial charge in [-0.15, -0.1) is 0 Å². The van der Waals surface area contributed by atoms with Crippen molar-refractivity contribution in [1.29, 1.82) is 0 Å². The van der Waals surface area contributed by atoms with E-state index in [-0.39, 0.29) is 11.5 Å². The number of hydrogen-bond donors (Lipinski definition) is 1. The summed E-state index contributed by atoms with van der Waals surface area (Å²) in [7, 11) is 0. The van der Waals surface area contributed by atoms with Crippen LogP contribution in [0.3, 0.4) is 0 Å². The fourth-order valence-corrected chi connectivity index (χ4v) is 2.64. The molecule has 0 saturated heterocycles. The Balaban J connectivity index is 2.62. The number of hydrogen-bond acceptors (Lipinski definition) is 1.